The van der Waals surface area contributed by atoms with Gasteiger partial charge in [-0.3, -0.25) is 0 Å². The van der Waals surface area contributed by atoms with Crippen molar-refractivity contribution >= 4 is 18.1 Å². The third kappa shape index (κ3) is 6.32. The second-order valence-corrected chi connectivity index (χ2v) is 2.60. The number of isocyanates is 2. The summed E-state index contributed by atoms with van der Waals surface area (Å²) in [4.78, 5) is 37.6. The number of carbonyl (C=O) groups is 1. The van der Waals surface area contributed by atoms with Gasteiger partial charge in [-0.15, -0.1) is 0 Å². The van der Waals surface area contributed by atoms with E-state index in [1.165, 1.54) is 12.2 Å². The zero-order valence-electron chi connectivity index (χ0n) is 8.43. The van der Waals surface area contributed by atoms with Crippen molar-refractivity contribution in [2.75, 3.05) is 13.2 Å². The predicted octanol–water partition coefficient (Wildman–Crippen LogP) is 0.370. The first kappa shape index (κ1) is 13.2. The lowest BCUT2D eigenvalue weighted by atomic mass is 10.1. The van der Waals surface area contributed by atoms with Crippen molar-refractivity contribution in [1.29, 1.82) is 0 Å². The van der Waals surface area contributed by atoms with E-state index < -0.39 is 12.0 Å². The minimum atomic E-state index is -0.843. The van der Waals surface area contributed by atoms with Crippen molar-refractivity contribution in [2.24, 2.45) is 9.98 Å². The third-order valence-corrected chi connectivity index (χ3v) is 1.58. The molecule has 0 unspecified atom stereocenters. The summed E-state index contributed by atoms with van der Waals surface area (Å²) in [6.07, 6.45) is 3.46. The Kier molecular flexibility index (Phi) is 7.77. The van der Waals surface area contributed by atoms with Gasteiger partial charge in [-0.1, -0.05) is 0 Å². The second-order valence-electron chi connectivity index (χ2n) is 2.60. The molecule has 0 saturated carbocycles. The van der Waals surface area contributed by atoms with Gasteiger partial charge in [-0.05, 0) is 19.8 Å². The molecule has 0 radical (unpaired) electrons. The molecule has 1 atom stereocenters. The molecule has 6 heteroatoms. The van der Waals surface area contributed by atoms with Crippen LogP contribution in [-0.2, 0) is 19.1 Å². The summed E-state index contributed by atoms with van der Waals surface area (Å²) in [5.41, 5.74) is 0. The summed E-state index contributed by atoms with van der Waals surface area (Å²) in [5, 5.41) is 0. The van der Waals surface area contributed by atoms with E-state index >= 15 is 0 Å². The first-order valence-corrected chi connectivity index (χ1v) is 4.53. The Morgan fingerprint density at radius 1 is 1.40 bits per heavy atom. The van der Waals surface area contributed by atoms with Crippen LogP contribution < -0.4 is 0 Å². The molecule has 0 heterocycles. The average Bonchev–Trinajstić information content (AvgIpc) is 2.23. The molecule has 0 aliphatic carbocycles. The molecule has 0 rings (SSSR count). The van der Waals surface area contributed by atoms with Crippen molar-refractivity contribution in [1.82, 2.24) is 0 Å². The Labute approximate surface area is 87.0 Å². The highest BCUT2D eigenvalue weighted by Gasteiger charge is 2.17. The molecule has 0 spiro atoms. The number of hydrogen-bond donors (Lipinski definition) is 0. The van der Waals surface area contributed by atoms with E-state index in [2.05, 4.69) is 9.98 Å². The highest BCUT2D eigenvalue weighted by atomic mass is 16.5. The third-order valence-electron chi connectivity index (χ3n) is 1.58. The molecule has 0 amide bonds. The van der Waals surface area contributed by atoms with Gasteiger partial charge in [0, 0.05) is 0 Å². The molecule has 0 aliphatic heterocycles. The normalized spacial score (nSPS) is 10.7. The summed E-state index contributed by atoms with van der Waals surface area (Å²) in [7, 11) is 0. The van der Waals surface area contributed by atoms with Crippen molar-refractivity contribution in [2.45, 2.75) is 25.8 Å². The fourth-order valence-corrected chi connectivity index (χ4v) is 0.947. The smallest absolute Gasteiger partial charge is 0.331 e. The van der Waals surface area contributed by atoms with Crippen LogP contribution in [0.3, 0.4) is 0 Å². The molecule has 0 aromatic carbocycles. The summed E-state index contributed by atoms with van der Waals surface area (Å²) in [6.45, 7) is 2.15. The minimum Gasteiger partial charge on any atom is -0.464 e. The van der Waals surface area contributed by atoms with Gasteiger partial charge in [0.25, 0.3) is 0 Å². The zero-order chi connectivity index (χ0) is 11.5. The fraction of sp³-hybridized carbons (Fsp3) is 0.667. The molecular formula is C9H12N2O4. The predicted molar refractivity (Wildman–Crippen MR) is 50.8 cm³/mol. The van der Waals surface area contributed by atoms with Crippen LogP contribution in [0.1, 0.15) is 19.8 Å². The number of nitrogens with zero attached hydrogens (tertiary/aromatic N) is 2. The van der Waals surface area contributed by atoms with Crippen LogP contribution >= 0.6 is 0 Å². The number of rotatable bonds is 7. The van der Waals surface area contributed by atoms with Gasteiger partial charge in [0.05, 0.1) is 13.2 Å². The van der Waals surface area contributed by atoms with Crippen molar-refractivity contribution in [3.8, 4) is 0 Å². The Morgan fingerprint density at radius 2 is 2.13 bits per heavy atom. The molecule has 15 heavy (non-hydrogen) atoms. The number of hydrogen-bond acceptors (Lipinski definition) is 6. The molecule has 0 bridgehead atoms. The fourth-order valence-electron chi connectivity index (χ4n) is 0.947. The summed E-state index contributed by atoms with van der Waals surface area (Å²) < 4.78 is 4.69. The Morgan fingerprint density at radius 3 is 2.67 bits per heavy atom. The molecule has 0 aromatic heterocycles. The molecule has 0 aliphatic rings. The SMILES string of the molecule is CCOC(=O)[C@H](CCCN=C=O)N=C=O. The lowest BCUT2D eigenvalue weighted by Crippen LogP contribution is -2.21. The summed E-state index contributed by atoms with van der Waals surface area (Å²) in [6, 6.07) is -0.843. The quantitative estimate of drug-likeness (QED) is 0.264. The maximum absolute atomic E-state index is 11.2. The summed E-state index contributed by atoms with van der Waals surface area (Å²) in [5.74, 6) is -0.559. The van der Waals surface area contributed by atoms with E-state index in [-0.39, 0.29) is 13.2 Å². The van der Waals surface area contributed by atoms with Crippen LogP contribution in [0.25, 0.3) is 0 Å². The zero-order valence-corrected chi connectivity index (χ0v) is 8.43. The maximum atomic E-state index is 11.2. The number of esters is 1. The molecule has 82 valence electrons. The Balaban J connectivity index is 4.09. The second kappa shape index (κ2) is 8.81. The van der Waals surface area contributed by atoms with Crippen LogP contribution in [0.4, 0.5) is 0 Å². The van der Waals surface area contributed by atoms with Gasteiger partial charge in [0.1, 0.15) is 0 Å². The Hall–Kier alpha value is -1.77. The number of aliphatic imine (C=N–C) groups is 2. The van der Waals surface area contributed by atoms with E-state index in [1.54, 1.807) is 6.92 Å². The topological polar surface area (TPSA) is 85.2 Å². The summed E-state index contributed by atoms with van der Waals surface area (Å²) >= 11 is 0. The van der Waals surface area contributed by atoms with E-state index in [1.807, 2.05) is 0 Å². The van der Waals surface area contributed by atoms with Crippen molar-refractivity contribution in [3.63, 3.8) is 0 Å². The highest BCUT2D eigenvalue weighted by molar-refractivity contribution is 5.76. The Bertz CT molecular complexity index is 290. The van der Waals surface area contributed by atoms with Gasteiger partial charge in [0.2, 0.25) is 12.2 Å². The van der Waals surface area contributed by atoms with Gasteiger partial charge in [-0.2, -0.15) is 4.99 Å². The lowest BCUT2D eigenvalue weighted by molar-refractivity contribution is -0.144. The molecule has 0 saturated heterocycles. The van der Waals surface area contributed by atoms with E-state index in [0.717, 1.165) is 0 Å². The van der Waals surface area contributed by atoms with Crippen molar-refractivity contribution < 1.29 is 19.1 Å². The van der Waals surface area contributed by atoms with E-state index in [4.69, 9.17) is 4.74 Å². The lowest BCUT2D eigenvalue weighted by Gasteiger charge is -2.07. The monoisotopic (exact) mass is 212 g/mol. The van der Waals surface area contributed by atoms with Crippen LogP contribution in [0.15, 0.2) is 9.98 Å². The van der Waals surface area contributed by atoms with Gasteiger partial charge >= 0.3 is 5.97 Å². The van der Waals surface area contributed by atoms with Gasteiger partial charge < -0.3 is 4.74 Å². The van der Waals surface area contributed by atoms with Crippen LogP contribution in [-0.4, -0.2) is 37.3 Å². The first-order chi connectivity index (χ1) is 7.26. The maximum Gasteiger partial charge on any atom is 0.331 e. The minimum absolute atomic E-state index is 0.232. The van der Waals surface area contributed by atoms with Gasteiger partial charge in [-0.25, -0.2) is 19.4 Å². The largest absolute Gasteiger partial charge is 0.464 e. The molecule has 0 fully saturated rings. The molecular weight excluding hydrogens is 200 g/mol. The van der Waals surface area contributed by atoms with Crippen LogP contribution in [0.2, 0.25) is 0 Å². The molecule has 0 N–H and O–H groups in total. The van der Waals surface area contributed by atoms with E-state index in [9.17, 15) is 14.4 Å². The van der Waals surface area contributed by atoms with Crippen LogP contribution in [0, 0.1) is 0 Å². The highest BCUT2D eigenvalue weighted by Crippen LogP contribution is 2.04. The number of carbonyl (C=O) groups excluding carboxylic acids is 3. The van der Waals surface area contributed by atoms with Gasteiger partial charge in [0.15, 0.2) is 6.04 Å². The first-order valence-electron chi connectivity index (χ1n) is 4.53. The number of ether oxygens (including phenoxy) is 1. The van der Waals surface area contributed by atoms with Crippen LogP contribution in [0.5, 0.6) is 0 Å². The van der Waals surface area contributed by atoms with Crippen molar-refractivity contribution in [3.05, 3.63) is 0 Å². The average molecular weight is 212 g/mol. The molecule has 6 nitrogen and oxygen atoms in total. The van der Waals surface area contributed by atoms with E-state index in [0.29, 0.717) is 12.8 Å². The molecule has 0 aromatic rings. The standard InChI is InChI=1S/C9H12N2O4/c1-2-15-9(14)8(11-7-13)4-3-5-10-6-12/h8H,2-5H2,1H3/t8-/m0/s1.